The summed E-state index contributed by atoms with van der Waals surface area (Å²) in [7, 11) is 1.33. The van der Waals surface area contributed by atoms with Crippen LogP contribution in [0.25, 0.3) is 0 Å². The molecular weight excluding hydrogens is 284 g/mol. The van der Waals surface area contributed by atoms with Crippen LogP contribution >= 0.6 is 23.4 Å². The third-order valence-corrected chi connectivity index (χ3v) is 3.61. The molecule has 0 fully saturated rings. The molecular formula is C13H11ClN2O2S. The van der Waals surface area contributed by atoms with Crippen LogP contribution in [0.3, 0.4) is 0 Å². The summed E-state index contributed by atoms with van der Waals surface area (Å²) in [6.07, 6.45) is 1.57. The van der Waals surface area contributed by atoms with Crippen molar-refractivity contribution >= 4 is 35.0 Å². The minimum atomic E-state index is -0.409. The van der Waals surface area contributed by atoms with E-state index < -0.39 is 5.97 Å². The Balaban J connectivity index is 2.22. The smallest absolute Gasteiger partial charge is 0.337 e. The molecule has 0 saturated carbocycles. The summed E-state index contributed by atoms with van der Waals surface area (Å²) in [4.78, 5) is 16.4. The van der Waals surface area contributed by atoms with Gasteiger partial charge in [-0.1, -0.05) is 23.4 Å². The zero-order valence-corrected chi connectivity index (χ0v) is 11.7. The molecule has 98 valence electrons. The van der Waals surface area contributed by atoms with E-state index in [1.54, 1.807) is 36.5 Å². The maximum Gasteiger partial charge on any atom is 0.337 e. The van der Waals surface area contributed by atoms with Gasteiger partial charge in [0.2, 0.25) is 0 Å². The van der Waals surface area contributed by atoms with Crippen molar-refractivity contribution in [1.82, 2.24) is 4.98 Å². The van der Waals surface area contributed by atoms with Gasteiger partial charge in [0.15, 0.2) is 0 Å². The lowest BCUT2D eigenvalue weighted by Crippen LogP contribution is -2.02. The topological polar surface area (TPSA) is 65.2 Å². The van der Waals surface area contributed by atoms with E-state index in [0.717, 1.165) is 9.92 Å². The molecule has 0 radical (unpaired) electrons. The van der Waals surface area contributed by atoms with Gasteiger partial charge in [0.05, 0.1) is 17.7 Å². The second kappa shape index (κ2) is 5.95. The normalized spacial score (nSPS) is 10.2. The average molecular weight is 295 g/mol. The number of nitrogens with two attached hydrogens (primary N) is 1. The summed E-state index contributed by atoms with van der Waals surface area (Å²) in [6.45, 7) is 0. The van der Waals surface area contributed by atoms with Crippen molar-refractivity contribution in [3.05, 3.63) is 47.1 Å². The summed E-state index contributed by atoms with van der Waals surface area (Å²) in [5.41, 5.74) is 6.84. The molecule has 4 nitrogen and oxygen atoms in total. The van der Waals surface area contributed by atoms with E-state index in [2.05, 4.69) is 9.72 Å². The van der Waals surface area contributed by atoms with Gasteiger partial charge in [0, 0.05) is 16.8 Å². The first-order chi connectivity index (χ1) is 9.10. The van der Waals surface area contributed by atoms with Crippen molar-refractivity contribution in [2.24, 2.45) is 0 Å². The van der Waals surface area contributed by atoms with Crippen LogP contribution in [-0.2, 0) is 4.74 Å². The fourth-order valence-electron chi connectivity index (χ4n) is 1.42. The average Bonchev–Trinajstić information content (AvgIpc) is 2.42. The van der Waals surface area contributed by atoms with Crippen molar-refractivity contribution in [2.75, 3.05) is 12.8 Å². The number of pyridine rings is 1. The number of hydrogen-bond acceptors (Lipinski definition) is 5. The molecule has 19 heavy (non-hydrogen) atoms. The van der Waals surface area contributed by atoms with Crippen LogP contribution in [0.2, 0.25) is 5.02 Å². The van der Waals surface area contributed by atoms with Crippen LogP contribution in [0.4, 0.5) is 5.69 Å². The number of aromatic nitrogens is 1. The zero-order valence-electron chi connectivity index (χ0n) is 10.1. The number of esters is 1. The van der Waals surface area contributed by atoms with E-state index in [9.17, 15) is 4.79 Å². The first-order valence-electron chi connectivity index (χ1n) is 5.37. The zero-order chi connectivity index (χ0) is 13.8. The lowest BCUT2D eigenvalue weighted by atomic mass is 10.2. The van der Waals surface area contributed by atoms with E-state index in [-0.39, 0.29) is 0 Å². The first kappa shape index (κ1) is 13.7. The molecule has 2 aromatic rings. The van der Waals surface area contributed by atoms with Gasteiger partial charge in [0.25, 0.3) is 0 Å². The monoisotopic (exact) mass is 294 g/mol. The quantitative estimate of drug-likeness (QED) is 0.695. The Labute approximate surface area is 119 Å². The van der Waals surface area contributed by atoms with Crippen molar-refractivity contribution < 1.29 is 9.53 Å². The molecule has 0 spiro atoms. The molecule has 0 aliphatic rings. The molecule has 1 aromatic carbocycles. The van der Waals surface area contributed by atoms with Crippen molar-refractivity contribution in [1.29, 1.82) is 0 Å². The number of carbonyl (C=O) groups is 1. The molecule has 0 saturated heterocycles. The van der Waals surface area contributed by atoms with E-state index in [4.69, 9.17) is 17.3 Å². The molecule has 1 heterocycles. The van der Waals surface area contributed by atoms with Crippen LogP contribution in [-0.4, -0.2) is 18.1 Å². The van der Waals surface area contributed by atoms with Gasteiger partial charge in [-0.05, 0) is 30.3 Å². The van der Waals surface area contributed by atoms with Gasteiger partial charge in [0.1, 0.15) is 5.03 Å². The molecule has 0 aliphatic carbocycles. The Morgan fingerprint density at radius 3 is 2.74 bits per heavy atom. The Bertz CT molecular complexity index is 602. The number of methoxy groups -OCH3 is 1. The summed E-state index contributed by atoms with van der Waals surface area (Å²) in [5, 5.41) is 1.36. The number of nitrogen functional groups attached to an aromatic ring is 1. The standard InChI is InChI=1S/C13H11ClN2O2S/c1-18-13(17)8-2-4-11(10(15)6-8)19-12-5-3-9(14)7-16-12/h2-7H,15H2,1H3. The van der Waals surface area contributed by atoms with Gasteiger partial charge in [-0.2, -0.15) is 0 Å². The Hall–Kier alpha value is -1.72. The van der Waals surface area contributed by atoms with Crippen LogP contribution < -0.4 is 5.73 Å². The summed E-state index contributed by atoms with van der Waals surface area (Å²) >= 11 is 7.17. The third-order valence-electron chi connectivity index (χ3n) is 2.35. The van der Waals surface area contributed by atoms with E-state index in [0.29, 0.717) is 16.3 Å². The second-order valence-electron chi connectivity index (χ2n) is 3.66. The lowest BCUT2D eigenvalue weighted by molar-refractivity contribution is 0.0600. The molecule has 2 rings (SSSR count). The van der Waals surface area contributed by atoms with E-state index in [1.807, 2.05) is 0 Å². The van der Waals surface area contributed by atoms with Gasteiger partial charge in [-0.15, -0.1) is 0 Å². The number of anilines is 1. The summed E-state index contributed by atoms with van der Waals surface area (Å²) < 4.78 is 4.63. The fraction of sp³-hybridized carbons (Fsp3) is 0.0769. The third kappa shape index (κ3) is 3.39. The Kier molecular flexibility index (Phi) is 4.29. The molecule has 2 N–H and O–H groups in total. The van der Waals surface area contributed by atoms with E-state index >= 15 is 0 Å². The van der Waals surface area contributed by atoms with Gasteiger partial charge in [-0.3, -0.25) is 0 Å². The summed E-state index contributed by atoms with van der Waals surface area (Å²) in [5.74, 6) is -0.409. The maximum absolute atomic E-state index is 11.4. The van der Waals surface area contributed by atoms with Crippen molar-refractivity contribution in [3.63, 3.8) is 0 Å². The molecule has 6 heteroatoms. The molecule has 0 bridgehead atoms. The molecule has 0 atom stereocenters. The maximum atomic E-state index is 11.4. The lowest BCUT2D eigenvalue weighted by Gasteiger charge is -2.06. The molecule has 1 aromatic heterocycles. The minimum absolute atomic E-state index is 0.409. The minimum Gasteiger partial charge on any atom is -0.465 e. The highest BCUT2D eigenvalue weighted by Gasteiger charge is 2.09. The van der Waals surface area contributed by atoms with Crippen LogP contribution in [0.1, 0.15) is 10.4 Å². The predicted molar refractivity (Wildman–Crippen MR) is 75.6 cm³/mol. The van der Waals surface area contributed by atoms with Gasteiger partial charge >= 0.3 is 5.97 Å². The number of benzene rings is 1. The summed E-state index contributed by atoms with van der Waals surface area (Å²) in [6, 6.07) is 8.59. The van der Waals surface area contributed by atoms with E-state index in [1.165, 1.54) is 18.9 Å². The Morgan fingerprint density at radius 1 is 1.37 bits per heavy atom. The fourth-order valence-corrected chi connectivity index (χ4v) is 2.31. The van der Waals surface area contributed by atoms with Crippen molar-refractivity contribution in [3.8, 4) is 0 Å². The number of carbonyl (C=O) groups excluding carboxylic acids is 1. The van der Waals surface area contributed by atoms with Crippen LogP contribution in [0.5, 0.6) is 0 Å². The molecule has 0 unspecified atom stereocenters. The van der Waals surface area contributed by atoms with Gasteiger partial charge < -0.3 is 10.5 Å². The number of hydrogen-bond donors (Lipinski definition) is 1. The van der Waals surface area contributed by atoms with Gasteiger partial charge in [-0.25, -0.2) is 9.78 Å². The molecule has 0 amide bonds. The van der Waals surface area contributed by atoms with Crippen LogP contribution in [0, 0.1) is 0 Å². The highest BCUT2D eigenvalue weighted by Crippen LogP contribution is 2.31. The number of nitrogens with zero attached hydrogens (tertiary/aromatic N) is 1. The highest BCUT2D eigenvalue weighted by atomic mass is 35.5. The number of halogens is 1. The van der Waals surface area contributed by atoms with Crippen LogP contribution in [0.15, 0.2) is 46.5 Å². The van der Waals surface area contributed by atoms with Crippen molar-refractivity contribution in [2.45, 2.75) is 9.92 Å². The largest absolute Gasteiger partial charge is 0.465 e. The predicted octanol–water partition coefficient (Wildman–Crippen LogP) is 3.26. The number of ether oxygens (including phenoxy) is 1. The molecule has 0 aliphatic heterocycles. The first-order valence-corrected chi connectivity index (χ1v) is 6.57. The SMILES string of the molecule is COC(=O)c1ccc(Sc2ccc(Cl)cn2)c(N)c1. The second-order valence-corrected chi connectivity index (χ2v) is 5.16. The highest BCUT2D eigenvalue weighted by molar-refractivity contribution is 7.99. The Morgan fingerprint density at radius 2 is 2.16 bits per heavy atom. The number of rotatable bonds is 3.